The van der Waals surface area contributed by atoms with Crippen LogP contribution < -0.4 is 19.7 Å². The Morgan fingerprint density at radius 1 is 1.00 bits per heavy atom. The Morgan fingerprint density at radius 2 is 1.75 bits per heavy atom. The summed E-state index contributed by atoms with van der Waals surface area (Å²) in [6.07, 6.45) is 3.57. The number of amides is 2. The average Bonchev–Trinajstić information content (AvgIpc) is 3.10. The van der Waals surface area contributed by atoms with Crippen LogP contribution in [0.25, 0.3) is 0 Å². The first-order chi connectivity index (χ1) is 11.8. The van der Waals surface area contributed by atoms with Crippen molar-refractivity contribution < 1.29 is 14.3 Å². The van der Waals surface area contributed by atoms with Crippen molar-refractivity contribution in [3.63, 3.8) is 0 Å². The molecule has 2 amide bonds. The molecule has 0 unspecified atom stereocenters. The smallest absolute Gasteiger partial charge is 0.321 e. The van der Waals surface area contributed by atoms with Gasteiger partial charge in [0.25, 0.3) is 0 Å². The number of carbonyl (C=O) groups excluding carboxylic acids is 1. The maximum atomic E-state index is 12.4. The summed E-state index contributed by atoms with van der Waals surface area (Å²) < 4.78 is 10.6. The van der Waals surface area contributed by atoms with Gasteiger partial charge in [-0.05, 0) is 24.3 Å². The second-order valence-corrected chi connectivity index (χ2v) is 5.68. The van der Waals surface area contributed by atoms with Crippen LogP contribution in [0.3, 0.4) is 0 Å². The summed E-state index contributed by atoms with van der Waals surface area (Å²) in [5.41, 5.74) is 1.85. The molecule has 0 radical (unpaired) electrons. The van der Waals surface area contributed by atoms with Crippen molar-refractivity contribution in [3.8, 4) is 11.5 Å². The molecule has 4 rings (SSSR count). The van der Waals surface area contributed by atoms with Gasteiger partial charge in [0.05, 0.1) is 0 Å². The molecule has 2 aromatic rings. The first-order valence-electron chi connectivity index (χ1n) is 7.90. The van der Waals surface area contributed by atoms with Gasteiger partial charge in [0, 0.05) is 56.0 Å². The van der Waals surface area contributed by atoms with Crippen LogP contribution in [0.1, 0.15) is 0 Å². The van der Waals surface area contributed by atoms with Gasteiger partial charge in [0.1, 0.15) is 0 Å². The predicted molar refractivity (Wildman–Crippen MR) is 89.6 cm³/mol. The zero-order chi connectivity index (χ0) is 16.4. The number of hydrogen-bond acceptors (Lipinski definition) is 5. The molecule has 2 aliphatic rings. The van der Waals surface area contributed by atoms with E-state index in [4.69, 9.17) is 9.47 Å². The van der Waals surface area contributed by atoms with Gasteiger partial charge in [0.2, 0.25) is 6.79 Å². The minimum absolute atomic E-state index is 0.0942. The van der Waals surface area contributed by atoms with Crippen molar-refractivity contribution in [2.24, 2.45) is 0 Å². The first-order valence-corrected chi connectivity index (χ1v) is 7.90. The molecule has 1 saturated heterocycles. The molecular formula is C17H18N4O3. The van der Waals surface area contributed by atoms with Crippen molar-refractivity contribution in [1.82, 2.24) is 9.88 Å². The summed E-state index contributed by atoms with van der Waals surface area (Å²) in [5.74, 6) is 1.37. The SMILES string of the molecule is O=C(Nc1ccc2c(c1)OCO2)N1CCN(c2ccncc2)CC1. The molecular weight excluding hydrogens is 308 g/mol. The Bertz CT molecular complexity index is 730. The molecule has 2 aliphatic heterocycles. The van der Waals surface area contributed by atoms with E-state index in [1.54, 1.807) is 24.5 Å². The van der Waals surface area contributed by atoms with Crippen LogP contribution >= 0.6 is 0 Å². The van der Waals surface area contributed by atoms with Crippen LogP contribution in [0, 0.1) is 0 Å². The van der Waals surface area contributed by atoms with E-state index in [-0.39, 0.29) is 12.8 Å². The summed E-state index contributed by atoms with van der Waals surface area (Å²) in [5, 5.41) is 2.92. The minimum Gasteiger partial charge on any atom is -0.454 e. The number of benzene rings is 1. The zero-order valence-electron chi connectivity index (χ0n) is 13.1. The van der Waals surface area contributed by atoms with Gasteiger partial charge < -0.3 is 24.6 Å². The number of fused-ring (bicyclic) bond motifs is 1. The van der Waals surface area contributed by atoms with E-state index < -0.39 is 0 Å². The number of hydrogen-bond donors (Lipinski definition) is 1. The number of anilines is 2. The van der Waals surface area contributed by atoms with Crippen LogP contribution in [0.4, 0.5) is 16.2 Å². The second kappa shape index (κ2) is 6.27. The quantitative estimate of drug-likeness (QED) is 0.916. The summed E-state index contributed by atoms with van der Waals surface area (Å²) >= 11 is 0. The van der Waals surface area contributed by atoms with E-state index in [1.165, 1.54) is 0 Å². The van der Waals surface area contributed by atoms with Crippen LogP contribution in [-0.4, -0.2) is 48.9 Å². The highest BCUT2D eigenvalue weighted by molar-refractivity contribution is 5.90. The number of rotatable bonds is 2. The third-order valence-electron chi connectivity index (χ3n) is 4.22. The molecule has 24 heavy (non-hydrogen) atoms. The number of nitrogens with one attached hydrogen (secondary N) is 1. The molecule has 1 N–H and O–H groups in total. The van der Waals surface area contributed by atoms with Gasteiger partial charge >= 0.3 is 6.03 Å². The lowest BCUT2D eigenvalue weighted by atomic mass is 10.2. The lowest BCUT2D eigenvalue weighted by Gasteiger charge is -2.36. The van der Waals surface area contributed by atoms with E-state index in [0.717, 1.165) is 18.8 Å². The molecule has 0 aliphatic carbocycles. The molecule has 1 fully saturated rings. The van der Waals surface area contributed by atoms with Crippen molar-refractivity contribution in [2.45, 2.75) is 0 Å². The van der Waals surface area contributed by atoms with E-state index >= 15 is 0 Å². The highest BCUT2D eigenvalue weighted by Crippen LogP contribution is 2.34. The van der Waals surface area contributed by atoms with Crippen molar-refractivity contribution in [3.05, 3.63) is 42.7 Å². The molecule has 124 valence electrons. The fraction of sp³-hybridized carbons (Fsp3) is 0.294. The molecule has 0 saturated carbocycles. The average molecular weight is 326 g/mol. The second-order valence-electron chi connectivity index (χ2n) is 5.68. The fourth-order valence-electron chi connectivity index (χ4n) is 2.90. The van der Waals surface area contributed by atoms with Crippen molar-refractivity contribution in [1.29, 1.82) is 0 Å². The number of piperazine rings is 1. The van der Waals surface area contributed by atoms with Gasteiger partial charge in [-0.15, -0.1) is 0 Å². The van der Waals surface area contributed by atoms with Crippen molar-refractivity contribution in [2.75, 3.05) is 43.2 Å². The third kappa shape index (κ3) is 2.92. The maximum Gasteiger partial charge on any atom is 0.321 e. The Labute approximate surface area is 139 Å². The Morgan fingerprint density at radius 3 is 2.54 bits per heavy atom. The van der Waals surface area contributed by atoms with Crippen molar-refractivity contribution >= 4 is 17.4 Å². The molecule has 7 nitrogen and oxygen atoms in total. The maximum absolute atomic E-state index is 12.4. The van der Waals surface area contributed by atoms with E-state index in [2.05, 4.69) is 15.2 Å². The van der Waals surface area contributed by atoms with Gasteiger partial charge in [-0.3, -0.25) is 4.98 Å². The summed E-state index contributed by atoms with van der Waals surface area (Å²) in [4.78, 5) is 20.5. The lowest BCUT2D eigenvalue weighted by Crippen LogP contribution is -2.50. The van der Waals surface area contributed by atoms with Crippen LogP contribution in [0.2, 0.25) is 0 Å². The van der Waals surface area contributed by atoms with Gasteiger partial charge in [-0.25, -0.2) is 4.79 Å². The van der Waals surface area contributed by atoms with E-state index in [1.807, 2.05) is 23.1 Å². The Balaban J connectivity index is 1.35. The molecule has 0 bridgehead atoms. The highest BCUT2D eigenvalue weighted by atomic mass is 16.7. The highest BCUT2D eigenvalue weighted by Gasteiger charge is 2.22. The minimum atomic E-state index is -0.0942. The molecule has 7 heteroatoms. The largest absolute Gasteiger partial charge is 0.454 e. The number of ether oxygens (including phenoxy) is 2. The first kappa shape index (κ1) is 14.6. The van der Waals surface area contributed by atoms with Gasteiger partial charge in [0.15, 0.2) is 11.5 Å². The molecule has 0 atom stereocenters. The molecule has 0 spiro atoms. The summed E-state index contributed by atoms with van der Waals surface area (Å²) in [6, 6.07) is 9.29. The van der Waals surface area contributed by atoms with E-state index in [9.17, 15) is 4.79 Å². The van der Waals surface area contributed by atoms with Crippen LogP contribution in [0.15, 0.2) is 42.7 Å². The lowest BCUT2D eigenvalue weighted by molar-refractivity contribution is 0.174. The van der Waals surface area contributed by atoms with Crippen LogP contribution in [-0.2, 0) is 0 Å². The van der Waals surface area contributed by atoms with E-state index in [0.29, 0.717) is 30.3 Å². The predicted octanol–water partition coefficient (Wildman–Crippen LogP) is 2.16. The number of urea groups is 1. The van der Waals surface area contributed by atoms with Gasteiger partial charge in [-0.2, -0.15) is 0 Å². The monoisotopic (exact) mass is 326 g/mol. The third-order valence-corrected chi connectivity index (χ3v) is 4.22. The fourth-order valence-corrected chi connectivity index (χ4v) is 2.90. The number of pyridine rings is 1. The summed E-state index contributed by atoms with van der Waals surface area (Å²) in [6.45, 7) is 3.19. The number of aromatic nitrogens is 1. The topological polar surface area (TPSA) is 66.9 Å². The Hall–Kier alpha value is -2.96. The standard InChI is InChI=1S/C17H18N4O3/c22-17(19-13-1-2-15-16(11-13)24-12-23-15)21-9-7-20(8-10-21)14-3-5-18-6-4-14/h1-6,11H,7-10,12H2,(H,19,22). The normalized spacial score (nSPS) is 16.2. The summed E-state index contributed by atoms with van der Waals surface area (Å²) in [7, 11) is 0. The Kier molecular flexibility index (Phi) is 3.82. The van der Waals surface area contributed by atoms with Crippen LogP contribution in [0.5, 0.6) is 11.5 Å². The molecule has 1 aromatic carbocycles. The molecule has 3 heterocycles. The molecule has 1 aromatic heterocycles. The number of nitrogens with zero attached hydrogens (tertiary/aromatic N) is 3. The zero-order valence-corrected chi connectivity index (χ0v) is 13.1. The number of carbonyl (C=O) groups is 1. The van der Waals surface area contributed by atoms with Gasteiger partial charge in [-0.1, -0.05) is 0 Å².